The fourth-order valence-electron chi connectivity index (χ4n) is 3.51. The lowest BCUT2D eigenvalue weighted by Crippen LogP contribution is -2.19. The molecule has 2 aromatic carbocycles. The van der Waals surface area contributed by atoms with E-state index >= 15 is 0 Å². The second kappa shape index (κ2) is 9.08. The third-order valence-electron chi connectivity index (χ3n) is 5.16. The average molecular weight is 447 g/mol. The highest BCUT2D eigenvalue weighted by Crippen LogP contribution is 2.43. The van der Waals surface area contributed by atoms with Gasteiger partial charge in [-0.2, -0.15) is 0 Å². The fraction of sp³-hybridized carbons (Fsp3) is 0.208. The molecule has 156 valence electrons. The first-order chi connectivity index (χ1) is 15.3. The lowest BCUT2D eigenvalue weighted by Gasteiger charge is -2.17. The van der Waals surface area contributed by atoms with Gasteiger partial charge in [0, 0.05) is 23.0 Å². The molecule has 2 heterocycles. The van der Waals surface area contributed by atoms with E-state index in [0.717, 1.165) is 41.5 Å². The average Bonchev–Trinajstić information content (AvgIpc) is 3.35. The number of thiophene rings is 1. The summed E-state index contributed by atoms with van der Waals surface area (Å²) in [7, 11) is 0. The first kappa shape index (κ1) is 20.0. The number of carbonyl (C=O) groups is 1. The number of aromatic nitrogens is 3. The largest absolute Gasteiger partial charge is 0.325 e. The molecule has 1 saturated carbocycles. The van der Waals surface area contributed by atoms with Crippen molar-refractivity contribution >= 4 is 34.7 Å². The van der Waals surface area contributed by atoms with E-state index in [-0.39, 0.29) is 5.91 Å². The van der Waals surface area contributed by atoms with Crippen molar-refractivity contribution in [3.05, 3.63) is 94.4 Å². The third-order valence-corrected chi connectivity index (χ3v) is 7.25. The van der Waals surface area contributed by atoms with E-state index in [1.807, 2.05) is 60.7 Å². The van der Waals surface area contributed by atoms with Crippen LogP contribution in [0.5, 0.6) is 0 Å². The van der Waals surface area contributed by atoms with Crippen LogP contribution in [0.4, 0.5) is 5.69 Å². The van der Waals surface area contributed by atoms with E-state index < -0.39 is 5.25 Å². The van der Waals surface area contributed by atoms with Crippen molar-refractivity contribution in [1.29, 1.82) is 0 Å². The Hall–Kier alpha value is -2.90. The summed E-state index contributed by atoms with van der Waals surface area (Å²) < 4.78 is 2.25. The highest BCUT2D eigenvalue weighted by Gasteiger charge is 2.32. The van der Waals surface area contributed by atoms with Gasteiger partial charge in [0.15, 0.2) is 5.16 Å². The van der Waals surface area contributed by atoms with Crippen molar-refractivity contribution in [3.63, 3.8) is 0 Å². The molecular weight excluding hydrogens is 424 g/mol. The Morgan fingerprint density at radius 1 is 1.03 bits per heavy atom. The molecule has 1 aliphatic carbocycles. The molecule has 0 saturated heterocycles. The number of benzene rings is 2. The molecule has 0 aliphatic heterocycles. The first-order valence-corrected chi connectivity index (χ1v) is 12.1. The van der Waals surface area contributed by atoms with Gasteiger partial charge in [-0.25, -0.2) is 0 Å². The summed E-state index contributed by atoms with van der Waals surface area (Å²) >= 11 is 3.21. The van der Waals surface area contributed by atoms with Gasteiger partial charge in [0.2, 0.25) is 5.91 Å². The smallest absolute Gasteiger partial charge is 0.242 e. The summed E-state index contributed by atoms with van der Waals surface area (Å²) in [5, 5.41) is 14.6. The number of nitrogens with one attached hydrogen (secondary N) is 1. The van der Waals surface area contributed by atoms with E-state index in [0.29, 0.717) is 6.04 Å². The summed E-state index contributed by atoms with van der Waals surface area (Å²) in [5.41, 5.74) is 1.74. The zero-order chi connectivity index (χ0) is 21.0. The number of hydrogen-bond donors (Lipinski definition) is 1. The zero-order valence-electron chi connectivity index (χ0n) is 16.8. The minimum Gasteiger partial charge on any atom is -0.325 e. The van der Waals surface area contributed by atoms with Crippen LogP contribution < -0.4 is 5.32 Å². The first-order valence-electron chi connectivity index (χ1n) is 10.3. The number of hydrogen-bond acceptors (Lipinski definition) is 5. The van der Waals surface area contributed by atoms with Gasteiger partial charge in [-0.1, -0.05) is 66.4 Å². The van der Waals surface area contributed by atoms with Crippen LogP contribution in [0.3, 0.4) is 0 Å². The Morgan fingerprint density at radius 2 is 1.77 bits per heavy atom. The molecule has 5 rings (SSSR count). The molecule has 1 unspecified atom stereocenters. The van der Waals surface area contributed by atoms with E-state index in [4.69, 9.17) is 0 Å². The van der Waals surface area contributed by atoms with Crippen LogP contribution in [0, 0.1) is 0 Å². The number of carbonyl (C=O) groups excluding carboxylic acids is 1. The van der Waals surface area contributed by atoms with Crippen molar-refractivity contribution in [2.75, 3.05) is 5.32 Å². The molecule has 31 heavy (non-hydrogen) atoms. The van der Waals surface area contributed by atoms with E-state index in [1.165, 1.54) is 16.6 Å². The van der Waals surface area contributed by atoms with Gasteiger partial charge in [0.25, 0.3) is 0 Å². The summed E-state index contributed by atoms with van der Waals surface area (Å²) in [5.74, 6) is 0.912. The molecular formula is C24H22N4OS2. The van der Waals surface area contributed by atoms with Crippen LogP contribution >= 0.6 is 23.1 Å². The molecule has 2 aromatic heterocycles. The van der Waals surface area contributed by atoms with Crippen LogP contribution in [-0.2, 0) is 11.2 Å². The second-order valence-electron chi connectivity index (χ2n) is 7.52. The van der Waals surface area contributed by atoms with Crippen molar-refractivity contribution in [2.24, 2.45) is 0 Å². The number of thioether (sulfide) groups is 1. The van der Waals surface area contributed by atoms with Crippen molar-refractivity contribution in [3.8, 4) is 0 Å². The summed E-state index contributed by atoms with van der Waals surface area (Å²) in [6.45, 7) is 0. The maximum Gasteiger partial charge on any atom is 0.242 e. The van der Waals surface area contributed by atoms with Crippen molar-refractivity contribution in [1.82, 2.24) is 14.8 Å². The van der Waals surface area contributed by atoms with Gasteiger partial charge in [-0.15, -0.1) is 21.5 Å². The van der Waals surface area contributed by atoms with Gasteiger partial charge in [-0.3, -0.25) is 4.79 Å². The quantitative estimate of drug-likeness (QED) is 0.351. The Balaban J connectivity index is 1.44. The predicted octanol–water partition coefficient (Wildman–Crippen LogP) is 5.74. The highest BCUT2D eigenvalue weighted by atomic mass is 32.2. The molecule has 5 nitrogen and oxygen atoms in total. The molecule has 0 radical (unpaired) electrons. The van der Waals surface area contributed by atoms with E-state index in [1.54, 1.807) is 11.3 Å². The number of anilines is 1. The fourth-order valence-corrected chi connectivity index (χ4v) is 5.34. The van der Waals surface area contributed by atoms with E-state index in [2.05, 4.69) is 37.6 Å². The SMILES string of the molecule is O=C(Nc1ccccc1)C(Sc1nnc(Cc2cccs2)n1C1CC1)c1ccccc1. The molecule has 1 atom stereocenters. The number of para-hydroxylation sites is 1. The Morgan fingerprint density at radius 3 is 2.45 bits per heavy atom. The highest BCUT2D eigenvalue weighted by molar-refractivity contribution is 8.00. The Bertz CT molecular complexity index is 1140. The normalized spacial score (nSPS) is 14.3. The van der Waals surface area contributed by atoms with Gasteiger partial charge in [-0.05, 0) is 42.0 Å². The summed E-state index contributed by atoms with van der Waals surface area (Å²) in [4.78, 5) is 14.6. The van der Waals surface area contributed by atoms with Gasteiger partial charge < -0.3 is 9.88 Å². The van der Waals surface area contributed by atoms with Crippen LogP contribution in [0.2, 0.25) is 0 Å². The monoisotopic (exact) mass is 446 g/mol. The minimum absolute atomic E-state index is 0.0625. The van der Waals surface area contributed by atoms with Crippen LogP contribution in [0.1, 0.15) is 40.4 Å². The molecule has 1 aliphatic rings. The Kier molecular flexibility index (Phi) is 5.86. The topological polar surface area (TPSA) is 59.8 Å². The lowest BCUT2D eigenvalue weighted by atomic mass is 10.1. The second-order valence-corrected chi connectivity index (χ2v) is 9.62. The van der Waals surface area contributed by atoms with Gasteiger partial charge in [0.1, 0.15) is 11.1 Å². The molecule has 0 bridgehead atoms. The molecule has 1 N–H and O–H groups in total. The molecule has 1 fully saturated rings. The molecule has 4 aromatic rings. The van der Waals surface area contributed by atoms with Crippen LogP contribution in [0.15, 0.2) is 83.3 Å². The molecule has 7 heteroatoms. The Labute approximate surface area is 189 Å². The van der Waals surface area contributed by atoms with Crippen molar-refractivity contribution < 1.29 is 4.79 Å². The van der Waals surface area contributed by atoms with Gasteiger partial charge >= 0.3 is 0 Å². The number of amides is 1. The number of rotatable bonds is 8. The molecule has 1 amide bonds. The maximum absolute atomic E-state index is 13.3. The van der Waals surface area contributed by atoms with Crippen molar-refractivity contribution in [2.45, 2.75) is 35.7 Å². The zero-order valence-corrected chi connectivity index (χ0v) is 18.5. The summed E-state index contributed by atoms with van der Waals surface area (Å²) in [6.07, 6.45) is 3.04. The minimum atomic E-state index is -0.419. The maximum atomic E-state index is 13.3. The summed E-state index contributed by atoms with van der Waals surface area (Å²) in [6, 6.07) is 24.1. The lowest BCUT2D eigenvalue weighted by molar-refractivity contribution is -0.115. The molecule has 0 spiro atoms. The van der Waals surface area contributed by atoms with E-state index in [9.17, 15) is 4.79 Å². The standard InChI is InChI=1S/C24H22N4OS2/c29-23(25-18-10-5-2-6-11-18)22(17-8-3-1-4-9-17)31-24-27-26-21(28(24)19-13-14-19)16-20-12-7-15-30-20/h1-12,15,19,22H,13-14,16H2,(H,25,29). The van der Waals surface area contributed by atoms with Crippen LogP contribution in [-0.4, -0.2) is 20.7 Å². The number of nitrogens with zero attached hydrogens (tertiary/aromatic N) is 3. The van der Waals surface area contributed by atoms with Crippen LogP contribution in [0.25, 0.3) is 0 Å². The predicted molar refractivity (Wildman–Crippen MR) is 126 cm³/mol. The third kappa shape index (κ3) is 4.73. The van der Waals surface area contributed by atoms with Gasteiger partial charge in [0.05, 0.1) is 0 Å².